The molecule has 6 heteroatoms. The number of halogens is 1. The minimum Gasteiger partial charge on any atom is -0.505 e. The number of benzene rings is 1. The second-order valence-electron chi connectivity index (χ2n) is 4.20. The molecule has 1 aromatic carbocycles. The average molecular weight is 245 g/mol. The molecule has 0 amide bonds. The van der Waals surface area contributed by atoms with Crippen molar-refractivity contribution in [1.82, 2.24) is 0 Å². The monoisotopic (exact) mass is 245 g/mol. The molecule has 2 rings (SSSR count). The lowest BCUT2D eigenvalue weighted by molar-refractivity contribution is 0.410. The summed E-state index contributed by atoms with van der Waals surface area (Å²) in [4.78, 5) is -0.502. The lowest BCUT2D eigenvalue weighted by atomic mass is 10.0. The van der Waals surface area contributed by atoms with E-state index in [-0.39, 0.29) is 5.56 Å². The topological polar surface area (TPSA) is 80.4 Å². The number of phenols is 1. The van der Waals surface area contributed by atoms with Gasteiger partial charge in [-0.15, -0.1) is 0 Å². The van der Waals surface area contributed by atoms with E-state index in [0.29, 0.717) is 12.8 Å². The fraction of sp³-hybridized carbons (Fsp3) is 0.400. The van der Waals surface area contributed by atoms with Crippen molar-refractivity contribution >= 4 is 9.84 Å². The fourth-order valence-electron chi connectivity index (χ4n) is 1.64. The van der Waals surface area contributed by atoms with Crippen molar-refractivity contribution in [3.63, 3.8) is 0 Å². The largest absolute Gasteiger partial charge is 0.505 e. The molecule has 0 bridgehead atoms. The Balaban J connectivity index is 2.62. The summed E-state index contributed by atoms with van der Waals surface area (Å²) in [5.41, 5.74) is 5.40. The van der Waals surface area contributed by atoms with Gasteiger partial charge in [-0.2, -0.15) is 0 Å². The third-order valence-electron chi connectivity index (χ3n) is 2.81. The molecule has 0 spiro atoms. The van der Waals surface area contributed by atoms with Gasteiger partial charge in [0.05, 0.1) is 0 Å². The van der Waals surface area contributed by atoms with Crippen LogP contribution in [0.4, 0.5) is 4.39 Å². The number of aromatic hydroxyl groups is 1. The smallest absolute Gasteiger partial charge is 0.183 e. The molecule has 1 aliphatic carbocycles. The Morgan fingerprint density at radius 1 is 1.44 bits per heavy atom. The van der Waals surface area contributed by atoms with Crippen LogP contribution in [0.3, 0.4) is 0 Å². The van der Waals surface area contributed by atoms with Gasteiger partial charge in [0.15, 0.2) is 21.4 Å². The number of sulfone groups is 1. The maximum atomic E-state index is 13.6. The zero-order chi connectivity index (χ0) is 12.1. The van der Waals surface area contributed by atoms with E-state index in [9.17, 15) is 17.9 Å². The van der Waals surface area contributed by atoms with Crippen LogP contribution in [0, 0.1) is 5.82 Å². The second-order valence-corrected chi connectivity index (χ2v) is 6.19. The number of phenolic OH excluding ortho intramolecular Hbond substituents is 1. The summed E-state index contributed by atoms with van der Waals surface area (Å²) < 4.78 is 36.0. The van der Waals surface area contributed by atoms with Gasteiger partial charge in [0.25, 0.3) is 0 Å². The highest BCUT2D eigenvalue weighted by Gasteiger charge is 2.43. The van der Waals surface area contributed by atoms with Gasteiger partial charge in [-0.1, -0.05) is 6.07 Å². The summed E-state index contributed by atoms with van der Waals surface area (Å²) in [7, 11) is -3.67. The molecule has 0 heterocycles. The van der Waals surface area contributed by atoms with Gasteiger partial charge in [0.1, 0.15) is 4.90 Å². The highest BCUT2D eigenvalue weighted by atomic mass is 32.2. The molecule has 1 aromatic rings. The fourth-order valence-corrected chi connectivity index (χ4v) is 2.38. The van der Waals surface area contributed by atoms with Crippen LogP contribution in [-0.2, 0) is 15.4 Å². The molecule has 16 heavy (non-hydrogen) atoms. The molecule has 0 unspecified atom stereocenters. The van der Waals surface area contributed by atoms with Gasteiger partial charge in [-0.25, -0.2) is 12.8 Å². The van der Waals surface area contributed by atoms with Crippen molar-refractivity contribution in [2.45, 2.75) is 23.3 Å². The molecule has 0 aromatic heterocycles. The Labute approximate surface area is 92.8 Å². The normalized spacial score (nSPS) is 18.4. The van der Waals surface area contributed by atoms with Gasteiger partial charge in [-0.05, 0) is 18.9 Å². The van der Waals surface area contributed by atoms with Gasteiger partial charge in [0.2, 0.25) is 0 Å². The van der Waals surface area contributed by atoms with E-state index in [0.717, 1.165) is 12.3 Å². The summed E-state index contributed by atoms with van der Waals surface area (Å²) in [6.45, 7) is 0. The quantitative estimate of drug-likeness (QED) is 0.810. The first kappa shape index (κ1) is 11.3. The van der Waals surface area contributed by atoms with Crippen LogP contribution >= 0.6 is 0 Å². The zero-order valence-electron chi connectivity index (χ0n) is 8.70. The van der Waals surface area contributed by atoms with Crippen molar-refractivity contribution in [1.29, 1.82) is 0 Å². The van der Waals surface area contributed by atoms with E-state index in [2.05, 4.69) is 0 Å². The Kier molecular flexibility index (Phi) is 2.25. The van der Waals surface area contributed by atoms with Crippen LogP contribution in [0.1, 0.15) is 18.4 Å². The third kappa shape index (κ3) is 1.68. The second kappa shape index (κ2) is 3.18. The predicted octanol–water partition coefficient (Wildman–Crippen LogP) is 0.883. The lowest BCUT2D eigenvalue weighted by Crippen LogP contribution is -2.19. The Bertz CT molecular complexity index is 549. The molecule has 0 atom stereocenters. The summed E-state index contributed by atoms with van der Waals surface area (Å²) >= 11 is 0. The van der Waals surface area contributed by atoms with Crippen molar-refractivity contribution in [3.05, 3.63) is 23.5 Å². The summed E-state index contributed by atoms with van der Waals surface area (Å²) in [5.74, 6) is -1.76. The summed E-state index contributed by atoms with van der Waals surface area (Å²) in [5, 5.41) is 9.60. The first-order chi connectivity index (χ1) is 7.26. The third-order valence-corrected chi connectivity index (χ3v) is 3.92. The molecular formula is C10H12FNO3S. The van der Waals surface area contributed by atoms with E-state index in [1.165, 1.54) is 6.07 Å². The summed E-state index contributed by atoms with van der Waals surface area (Å²) in [6, 6.07) is 2.52. The van der Waals surface area contributed by atoms with Gasteiger partial charge >= 0.3 is 0 Å². The molecule has 1 aliphatic rings. The van der Waals surface area contributed by atoms with E-state index >= 15 is 0 Å². The lowest BCUT2D eigenvalue weighted by Gasteiger charge is -2.13. The summed E-state index contributed by atoms with van der Waals surface area (Å²) in [6.07, 6.45) is 2.22. The highest BCUT2D eigenvalue weighted by Crippen LogP contribution is 2.47. The molecule has 1 fully saturated rings. The number of hydrogen-bond donors (Lipinski definition) is 2. The predicted molar refractivity (Wildman–Crippen MR) is 56.3 cm³/mol. The van der Waals surface area contributed by atoms with Crippen molar-refractivity contribution in [2.75, 3.05) is 6.26 Å². The van der Waals surface area contributed by atoms with Gasteiger partial charge in [-0.3, -0.25) is 0 Å². The van der Waals surface area contributed by atoms with Crippen molar-refractivity contribution in [2.24, 2.45) is 5.73 Å². The first-order valence-electron chi connectivity index (χ1n) is 4.76. The van der Waals surface area contributed by atoms with Crippen molar-refractivity contribution < 1.29 is 17.9 Å². The maximum absolute atomic E-state index is 13.6. The SMILES string of the molecule is CS(=O)(=O)c1ccc(C2(N)CC2)c(O)c1F. The highest BCUT2D eigenvalue weighted by molar-refractivity contribution is 7.90. The molecule has 3 N–H and O–H groups in total. The van der Waals surface area contributed by atoms with Crippen molar-refractivity contribution in [3.8, 4) is 5.75 Å². The Morgan fingerprint density at radius 3 is 2.44 bits per heavy atom. The van der Waals surface area contributed by atoms with E-state index < -0.39 is 31.8 Å². The molecule has 88 valence electrons. The van der Waals surface area contributed by atoms with Crippen LogP contribution in [0.25, 0.3) is 0 Å². The minimum atomic E-state index is -3.67. The first-order valence-corrected chi connectivity index (χ1v) is 6.66. The average Bonchev–Trinajstić information content (AvgIpc) is 2.87. The zero-order valence-corrected chi connectivity index (χ0v) is 9.51. The number of nitrogens with two attached hydrogens (primary N) is 1. The van der Waals surface area contributed by atoms with Crippen LogP contribution in [0.2, 0.25) is 0 Å². The minimum absolute atomic E-state index is 0.275. The Morgan fingerprint density at radius 2 is 2.00 bits per heavy atom. The van der Waals surface area contributed by atoms with Crippen LogP contribution in [0.5, 0.6) is 5.75 Å². The van der Waals surface area contributed by atoms with Crippen LogP contribution < -0.4 is 5.73 Å². The number of hydrogen-bond acceptors (Lipinski definition) is 4. The van der Waals surface area contributed by atoms with E-state index in [4.69, 9.17) is 5.73 Å². The Hall–Kier alpha value is -1.14. The standard InChI is InChI=1S/C10H12FNO3S/c1-16(14,15)7-3-2-6(9(13)8(7)11)10(12)4-5-10/h2-3,13H,4-5,12H2,1H3. The van der Waals surface area contributed by atoms with Crippen LogP contribution in [0.15, 0.2) is 17.0 Å². The van der Waals surface area contributed by atoms with Gasteiger partial charge < -0.3 is 10.8 Å². The molecule has 4 nitrogen and oxygen atoms in total. The van der Waals surface area contributed by atoms with E-state index in [1.807, 2.05) is 0 Å². The molecule has 0 radical (unpaired) electrons. The van der Waals surface area contributed by atoms with Gasteiger partial charge in [0, 0.05) is 17.4 Å². The number of rotatable bonds is 2. The van der Waals surface area contributed by atoms with E-state index in [1.54, 1.807) is 0 Å². The maximum Gasteiger partial charge on any atom is 0.183 e. The molecule has 0 saturated heterocycles. The van der Waals surface area contributed by atoms with Crippen LogP contribution in [-0.4, -0.2) is 19.8 Å². The molecule has 1 saturated carbocycles. The molecular weight excluding hydrogens is 233 g/mol. The molecule has 0 aliphatic heterocycles.